The summed E-state index contributed by atoms with van der Waals surface area (Å²) in [6.07, 6.45) is 4.42. The van der Waals surface area contributed by atoms with E-state index in [1.807, 2.05) is 12.1 Å². The van der Waals surface area contributed by atoms with Gasteiger partial charge in [-0.1, -0.05) is 42.0 Å². The van der Waals surface area contributed by atoms with Crippen molar-refractivity contribution < 1.29 is 9.53 Å². The molecule has 0 aromatic heterocycles. The first-order valence-electron chi connectivity index (χ1n) is 10.9. The van der Waals surface area contributed by atoms with Crippen LogP contribution in [0.25, 0.3) is 0 Å². The number of carbonyl (C=O) groups is 1. The molecule has 154 valence electrons. The van der Waals surface area contributed by atoms with Crippen LogP contribution in [-0.2, 0) is 11.3 Å². The fourth-order valence-corrected chi connectivity index (χ4v) is 4.77. The Morgan fingerprint density at radius 3 is 2.41 bits per heavy atom. The van der Waals surface area contributed by atoms with Gasteiger partial charge < -0.3 is 9.64 Å². The van der Waals surface area contributed by atoms with Gasteiger partial charge in [-0.2, -0.15) is 0 Å². The predicted molar refractivity (Wildman–Crippen MR) is 116 cm³/mol. The zero-order valence-corrected chi connectivity index (χ0v) is 17.6. The van der Waals surface area contributed by atoms with E-state index in [0.29, 0.717) is 11.8 Å². The summed E-state index contributed by atoms with van der Waals surface area (Å²) in [5, 5.41) is 0. The maximum atomic E-state index is 13.3. The highest BCUT2D eigenvalue weighted by Gasteiger charge is 2.35. The van der Waals surface area contributed by atoms with Crippen LogP contribution in [0.1, 0.15) is 48.3 Å². The monoisotopic (exact) mass is 392 g/mol. The number of aryl methyl sites for hydroxylation is 1. The number of amides is 1. The zero-order chi connectivity index (χ0) is 20.2. The van der Waals surface area contributed by atoms with Gasteiger partial charge in [0, 0.05) is 19.6 Å². The Balaban J connectivity index is 1.42. The minimum atomic E-state index is 0.0373. The highest BCUT2D eigenvalue weighted by Crippen LogP contribution is 2.31. The van der Waals surface area contributed by atoms with E-state index in [1.54, 1.807) is 7.11 Å². The highest BCUT2D eigenvalue weighted by atomic mass is 16.5. The van der Waals surface area contributed by atoms with E-state index in [-0.39, 0.29) is 6.04 Å². The summed E-state index contributed by atoms with van der Waals surface area (Å²) in [6.45, 7) is 5.70. The lowest BCUT2D eigenvalue weighted by Crippen LogP contribution is -2.54. The van der Waals surface area contributed by atoms with Gasteiger partial charge in [-0.25, -0.2) is 0 Å². The minimum Gasteiger partial charge on any atom is -0.497 e. The molecule has 4 nitrogen and oxygen atoms in total. The average Bonchev–Trinajstić information content (AvgIpc) is 2.77. The molecule has 2 unspecified atom stereocenters. The second-order valence-corrected chi connectivity index (χ2v) is 8.51. The molecule has 0 radical (unpaired) electrons. The molecule has 2 aromatic carbocycles. The highest BCUT2D eigenvalue weighted by molar-refractivity contribution is 5.82. The third-order valence-electron chi connectivity index (χ3n) is 6.48. The molecule has 1 amide bonds. The standard InChI is InChI=1S/C25H32N2O2/c1-19-7-9-20(10-8-19)17-27-16-4-6-24(25(27)28)26-15-3-5-22(18-26)21-11-13-23(29-2)14-12-21/h7-14,22,24H,3-6,15-18H2,1-2H3. The average molecular weight is 393 g/mol. The van der Waals surface area contributed by atoms with Gasteiger partial charge >= 0.3 is 0 Å². The van der Waals surface area contributed by atoms with Gasteiger partial charge in [0.15, 0.2) is 0 Å². The maximum Gasteiger partial charge on any atom is 0.240 e. The summed E-state index contributed by atoms with van der Waals surface area (Å²) >= 11 is 0. The Labute approximate surface area is 174 Å². The Morgan fingerprint density at radius 1 is 0.966 bits per heavy atom. The van der Waals surface area contributed by atoms with Crippen molar-refractivity contribution in [1.29, 1.82) is 0 Å². The summed E-state index contributed by atoms with van der Waals surface area (Å²) in [5.41, 5.74) is 3.84. The van der Waals surface area contributed by atoms with Crippen LogP contribution in [-0.4, -0.2) is 48.5 Å². The van der Waals surface area contributed by atoms with Crippen molar-refractivity contribution in [3.05, 3.63) is 65.2 Å². The number of carbonyl (C=O) groups excluding carboxylic acids is 1. The van der Waals surface area contributed by atoms with Crippen LogP contribution in [0, 0.1) is 6.92 Å². The van der Waals surface area contributed by atoms with Gasteiger partial charge in [-0.05, 0) is 68.3 Å². The molecule has 2 heterocycles. The summed E-state index contributed by atoms with van der Waals surface area (Å²) in [6, 6.07) is 17.0. The van der Waals surface area contributed by atoms with Crippen molar-refractivity contribution in [2.45, 2.75) is 51.1 Å². The molecule has 0 bridgehead atoms. The summed E-state index contributed by atoms with van der Waals surface area (Å²) < 4.78 is 5.29. The van der Waals surface area contributed by atoms with Gasteiger partial charge in [-0.15, -0.1) is 0 Å². The van der Waals surface area contributed by atoms with Gasteiger partial charge in [-0.3, -0.25) is 9.69 Å². The van der Waals surface area contributed by atoms with Crippen LogP contribution in [0.3, 0.4) is 0 Å². The van der Waals surface area contributed by atoms with E-state index < -0.39 is 0 Å². The number of hydrogen-bond donors (Lipinski definition) is 0. The number of hydrogen-bond acceptors (Lipinski definition) is 3. The summed E-state index contributed by atoms with van der Waals surface area (Å²) in [7, 11) is 1.70. The first kappa shape index (κ1) is 20.0. The number of nitrogens with zero attached hydrogens (tertiary/aromatic N) is 2. The van der Waals surface area contributed by atoms with Crippen molar-refractivity contribution in [1.82, 2.24) is 9.80 Å². The molecular formula is C25H32N2O2. The number of methoxy groups -OCH3 is 1. The van der Waals surface area contributed by atoms with Crippen LogP contribution < -0.4 is 4.74 Å². The Kier molecular flexibility index (Phi) is 6.19. The molecule has 0 aliphatic carbocycles. The van der Waals surface area contributed by atoms with Crippen molar-refractivity contribution in [2.24, 2.45) is 0 Å². The molecule has 29 heavy (non-hydrogen) atoms. The quantitative estimate of drug-likeness (QED) is 0.757. The molecule has 0 spiro atoms. The molecule has 4 heteroatoms. The molecule has 2 atom stereocenters. The van der Waals surface area contributed by atoms with Crippen molar-refractivity contribution in [3.8, 4) is 5.75 Å². The van der Waals surface area contributed by atoms with Gasteiger partial charge in [0.2, 0.25) is 5.91 Å². The fourth-order valence-electron chi connectivity index (χ4n) is 4.77. The summed E-state index contributed by atoms with van der Waals surface area (Å²) in [4.78, 5) is 17.8. The van der Waals surface area contributed by atoms with Gasteiger partial charge in [0.05, 0.1) is 13.2 Å². The fraction of sp³-hybridized carbons (Fsp3) is 0.480. The van der Waals surface area contributed by atoms with E-state index >= 15 is 0 Å². The number of ether oxygens (including phenoxy) is 1. The van der Waals surface area contributed by atoms with Crippen LogP contribution in [0.2, 0.25) is 0 Å². The molecule has 2 saturated heterocycles. The lowest BCUT2D eigenvalue weighted by molar-refractivity contribution is -0.141. The molecule has 0 N–H and O–H groups in total. The van der Waals surface area contributed by atoms with Crippen LogP contribution in [0.4, 0.5) is 0 Å². The van der Waals surface area contributed by atoms with Crippen molar-refractivity contribution in [3.63, 3.8) is 0 Å². The van der Waals surface area contributed by atoms with E-state index in [0.717, 1.165) is 51.2 Å². The third-order valence-corrected chi connectivity index (χ3v) is 6.48. The van der Waals surface area contributed by atoms with Crippen LogP contribution in [0.15, 0.2) is 48.5 Å². The largest absolute Gasteiger partial charge is 0.497 e. The molecule has 0 saturated carbocycles. The van der Waals surface area contributed by atoms with Gasteiger partial charge in [0.1, 0.15) is 5.75 Å². The predicted octanol–water partition coefficient (Wildman–Crippen LogP) is 4.37. The number of rotatable bonds is 5. The van der Waals surface area contributed by atoms with E-state index in [2.05, 4.69) is 53.1 Å². The smallest absolute Gasteiger partial charge is 0.240 e. The third kappa shape index (κ3) is 4.64. The van der Waals surface area contributed by atoms with Crippen molar-refractivity contribution >= 4 is 5.91 Å². The number of likely N-dealkylation sites (tertiary alicyclic amines) is 2. The lowest BCUT2D eigenvalue weighted by Gasteiger charge is -2.42. The first-order chi connectivity index (χ1) is 14.1. The Bertz CT molecular complexity index is 816. The van der Waals surface area contributed by atoms with Crippen LogP contribution >= 0.6 is 0 Å². The molecule has 2 fully saturated rings. The molecule has 2 aliphatic rings. The Hall–Kier alpha value is -2.33. The SMILES string of the molecule is COc1ccc(C2CCCN(C3CCCN(Cc4ccc(C)cc4)C3=O)C2)cc1. The molecular weight excluding hydrogens is 360 g/mol. The summed E-state index contributed by atoms with van der Waals surface area (Å²) in [5.74, 6) is 1.71. The minimum absolute atomic E-state index is 0.0373. The second kappa shape index (κ2) is 9.00. The molecule has 2 aliphatic heterocycles. The van der Waals surface area contributed by atoms with E-state index in [4.69, 9.17) is 4.74 Å². The molecule has 2 aromatic rings. The lowest BCUT2D eigenvalue weighted by atomic mass is 9.88. The second-order valence-electron chi connectivity index (χ2n) is 8.51. The zero-order valence-electron chi connectivity index (χ0n) is 17.6. The normalized spacial score (nSPS) is 23.2. The number of piperidine rings is 2. The topological polar surface area (TPSA) is 32.8 Å². The first-order valence-corrected chi connectivity index (χ1v) is 10.9. The van der Waals surface area contributed by atoms with Gasteiger partial charge in [0.25, 0.3) is 0 Å². The van der Waals surface area contributed by atoms with E-state index in [1.165, 1.54) is 23.1 Å². The van der Waals surface area contributed by atoms with E-state index in [9.17, 15) is 4.79 Å². The molecule has 4 rings (SSSR count). The van der Waals surface area contributed by atoms with Crippen LogP contribution in [0.5, 0.6) is 5.75 Å². The van der Waals surface area contributed by atoms with Crippen molar-refractivity contribution in [2.75, 3.05) is 26.7 Å². The number of benzene rings is 2. The Morgan fingerprint density at radius 2 is 1.69 bits per heavy atom. The maximum absolute atomic E-state index is 13.3.